The van der Waals surface area contributed by atoms with Crippen LogP contribution in [0.2, 0.25) is 10.0 Å². The summed E-state index contributed by atoms with van der Waals surface area (Å²) in [6.45, 7) is 2.08. The Labute approximate surface area is 233 Å². The molecule has 3 unspecified atom stereocenters. The van der Waals surface area contributed by atoms with Crippen LogP contribution in [0, 0.1) is 11.3 Å². The van der Waals surface area contributed by atoms with E-state index in [1.165, 1.54) is 4.31 Å². The molecule has 3 aliphatic rings. The van der Waals surface area contributed by atoms with Gasteiger partial charge in [-0.25, -0.2) is 12.7 Å². The SMILES string of the molecule is CC[C@@H](CN(C)S(=O)(=O)C1CC1)N1C(=O)C2(CC2C(=O)O)C[C@H](c2cccc(Cl)c2)C1c1ccc(Cl)cc1. The van der Waals surface area contributed by atoms with E-state index in [1.807, 2.05) is 37.3 Å². The summed E-state index contributed by atoms with van der Waals surface area (Å²) < 4.78 is 27.4. The lowest BCUT2D eigenvalue weighted by Crippen LogP contribution is -2.56. The van der Waals surface area contributed by atoms with Crippen LogP contribution in [0.5, 0.6) is 0 Å². The fraction of sp³-hybridized carbons (Fsp3) is 0.500. The first-order valence-electron chi connectivity index (χ1n) is 13.0. The Hall–Kier alpha value is -2.13. The number of carbonyl (C=O) groups excluding carboxylic acids is 1. The van der Waals surface area contributed by atoms with Gasteiger partial charge < -0.3 is 10.0 Å². The normalized spacial score (nSPS) is 28.1. The van der Waals surface area contributed by atoms with Crippen molar-refractivity contribution in [3.63, 3.8) is 0 Å². The van der Waals surface area contributed by atoms with Gasteiger partial charge in [-0.05, 0) is 67.5 Å². The molecule has 1 heterocycles. The molecule has 1 saturated heterocycles. The second-order valence-electron chi connectivity index (χ2n) is 10.9. The number of sulfonamides is 1. The lowest BCUT2D eigenvalue weighted by Gasteiger charge is -2.49. The molecule has 7 nitrogen and oxygen atoms in total. The number of halogens is 2. The second-order valence-corrected chi connectivity index (χ2v) is 14.1. The number of amides is 1. The lowest BCUT2D eigenvalue weighted by molar-refractivity contribution is -0.154. The molecule has 0 aromatic heterocycles. The molecule has 5 rings (SSSR count). The first-order chi connectivity index (χ1) is 18.0. The Morgan fingerprint density at radius 2 is 1.79 bits per heavy atom. The number of carboxylic acids is 1. The predicted octanol–water partition coefficient (Wildman–Crippen LogP) is 5.34. The van der Waals surface area contributed by atoms with Crippen LogP contribution < -0.4 is 0 Å². The van der Waals surface area contributed by atoms with Crippen molar-refractivity contribution in [2.45, 2.75) is 62.3 Å². The number of nitrogens with zero attached hydrogens (tertiary/aromatic N) is 2. The average Bonchev–Trinajstić information content (AvgIpc) is 3.80. The van der Waals surface area contributed by atoms with Crippen molar-refractivity contribution in [2.75, 3.05) is 13.6 Å². The van der Waals surface area contributed by atoms with Crippen LogP contribution in [0.25, 0.3) is 0 Å². The van der Waals surface area contributed by atoms with Crippen LogP contribution in [0.4, 0.5) is 0 Å². The van der Waals surface area contributed by atoms with Crippen molar-refractivity contribution in [1.29, 1.82) is 0 Å². The monoisotopic (exact) mass is 578 g/mol. The highest BCUT2D eigenvalue weighted by Gasteiger charge is 2.69. The third kappa shape index (κ3) is 4.85. The molecular weight excluding hydrogens is 547 g/mol. The maximum Gasteiger partial charge on any atom is 0.307 e. The van der Waals surface area contributed by atoms with Crippen LogP contribution >= 0.6 is 23.2 Å². The fourth-order valence-electron chi connectivity index (χ4n) is 6.18. The van der Waals surface area contributed by atoms with Crippen LogP contribution in [0.1, 0.15) is 62.1 Å². The standard InChI is InChI=1S/C28H32Cl2N2O5S/c1-3-21(16-31(2)38(36,37)22-11-12-22)32-25(17-7-9-19(29)10-8-17)23(18-5-4-6-20(30)13-18)14-28(27(32)35)15-24(28)26(33)34/h4-10,13,21-25H,3,11-12,14-16H2,1-2H3,(H,33,34)/t21-,23+,24?,25?,28?/m0/s1. The van der Waals surface area contributed by atoms with Gasteiger partial charge in [0, 0.05) is 35.6 Å². The van der Waals surface area contributed by atoms with Gasteiger partial charge in [0.25, 0.3) is 0 Å². The minimum Gasteiger partial charge on any atom is -0.481 e. The van der Waals surface area contributed by atoms with E-state index < -0.39 is 39.4 Å². The van der Waals surface area contributed by atoms with E-state index in [4.69, 9.17) is 23.2 Å². The third-order valence-electron chi connectivity index (χ3n) is 8.50. The van der Waals surface area contributed by atoms with Gasteiger partial charge >= 0.3 is 5.97 Å². The molecule has 5 atom stereocenters. The first-order valence-corrected chi connectivity index (χ1v) is 15.3. The summed E-state index contributed by atoms with van der Waals surface area (Å²) in [4.78, 5) is 28.2. The second kappa shape index (κ2) is 10.1. The number of likely N-dealkylation sites (tertiary alicyclic amines) is 1. The zero-order valence-electron chi connectivity index (χ0n) is 21.4. The lowest BCUT2D eigenvalue weighted by atomic mass is 9.72. The first kappa shape index (κ1) is 27.4. The molecule has 1 N–H and O–H groups in total. The number of carboxylic acid groups (broad SMARTS) is 1. The summed E-state index contributed by atoms with van der Waals surface area (Å²) in [5.41, 5.74) is 0.753. The summed E-state index contributed by atoms with van der Waals surface area (Å²) in [6, 6.07) is 13.9. The molecule has 10 heteroatoms. The minimum atomic E-state index is -3.46. The molecule has 2 aliphatic carbocycles. The number of carbonyl (C=O) groups is 2. The number of hydrogen-bond acceptors (Lipinski definition) is 4. The number of aliphatic carboxylic acids is 1. The summed E-state index contributed by atoms with van der Waals surface area (Å²) in [5.74, 6) is -2.20. The third-order valence-corrected chi connectivity index (χ3v) is 11.3. The molecular formula is C28H32Cl2N2O5S. The van der Waals surface area contributed by atoms with Crippen molar-refractivity contribution in [1.82, 2.24) is 9.21 Å². The maximum absolute atomic E-state index is 14.3. The fourth-order valence-corrected chi connectivity index (χ4v) is 8.12. The van der Waals surface area contributed by atoms with Gasteiger partial charge in [0.15, 0.2) is 0 Å². The maximum atomic E-state index is 14.3. The van der Waals surface area contributed by atoms with Gasteiger partial charge in [-0.1, -0.05) is 54.4 Å². The van der Waals surface area contributed by atoms with E-state index in [9.17, 15) is 23.1 Å². The zero-order chi connectivity index (χ0) is 27.4. The van der Waals surface area contributed by atoms with E-state index in [-0.39, 0.29) is 30.0 Å². The van der Waals surface area contributed by atoms with Crippen molar-refractivity contribution >= 4 is 45.1 Å². The van der Waals surface area contributed by atoms with Crippen LogP contribution in [-0.4, -0.2) is 59.5 Å². The van der Waals surface area contributed by atoms with E-state index >= 15 is 0 Å². The summed E-state index contributed by atoms with van der Waals surface area (Å²) >= 11 is 12.6. The van der Waals surface area contributed by atoms with Gasteiger partial charge in [-0.2, -0.15) is 0 Å². The van der Waals surface area contributed by atoms with Crippen molar-refractivity contribution in [3.05, 3.63) is 69.7 Å². The van der Waals surface area contributed by atoms with Crippen LogP contribution in [0.3, 0.4) is 0 Å². The van der Waals surface area contributed by atoms with Crippen LogP contribution in [-0.2, 0) is 19.6 Å². The summed E-state index contributed by atoms with van der Waals surface area (Å²) in [6.07, 6.45) is 2.46. The highest BCUT2D eigenvalue weighted by molar-refractivity contribution is 7.90. The highest BCUT2D eigenvalue weighted by Crippen LogP contribution is 2.65. The van der Waals surface area contributed by atoms with Crippen molar-refractivity contribution in [2.24, 2.45) is 11.3 Å². The molecule has 1 spiro atoms. The van der Waals surface area contributed by atoms with Gasteiger partial charge in [-0.15, -0.1) is 0 Å². The minimum absolute atomic E-state index is 0.140. The van der Waals surface area contributed by atoms with Gasteiger partial charge in [-0.3, -0.25) is 9.59 Å². The number of benzene rings is 2. The van der Waals surface area contributed by atoms with E-state index in [0.29, 0.717) is 35.7 Å². The van der Waals surface area contributed by atoms with Crippen molar-refractivity contribution in [3.8, 4) is 0 Å². The van der Waals surface area contributed by atoms with Gasteiger partial charge in [0.05, 0.1) is 22.6 Å². The molecule has 0 radical (unpaired) electrons. The number of piperidine rings is 1. The highest BCUT2D eigenvalue weighted by atomic mass is 35.5. The zero-order valence-corrected chi connectivity index (χ0v) is 23.7. The van der Waals surface area contributed by atoms with E-state index in [1.54, 1.807) is 30.1 Å². The molecule has 38 heavy (non-hydrogen) atoms. The number of hydrogen-bond donors (Lipinski definition) is 1. The largest absolute Gasteiger partial charge is 0.481 e. The summed E-state index contributed by atoms with van der Waals surface area (Å²) in [7, 11) is -1.88. The van der Waals surface area contributed by atoms with Gasteiger partial charge in [0.2, 0.25) is 15.9 Å². The summed E-state index contributed by atoms with van der Waals surface area (Å²) in [5, 5.41) is 10.7. The Balaban J connectivity index is 1.63. The topological polar surface area (TPSA) is 95.0 Å². The quantitative estimate of drug-likeness (QED) is 0.433. The Kier molecular flexibility index (Phi) is 7.31. The molecule has 204 valence electrons. The Morgan fingerprint density at radius 3 is 2.34 bits per heavy atom. The molecule has 0 bridgehead atoms. The Morgan fingerprint density at radius 1 is 1.11 bits per heavy atom. The smallest absolute Gasteiger partial charge is 0.307 e. The molecule has 2 saturated carbocycles. The molecule has 3 fully saturated rings. The Bertz CT molecular complexity index is 1350. The molecule has 1 amide bonds. The number of likely N-dealkylation sites (N-methyl/N-ethyl adjacent to an activating group) is 1. The van der Waals surface area contributed by atoms with Crippen molar-refractivity contribution < 1.29 is 23.1 Å². The molecule has 2 aromatic carbocycles. The predicted molar refractivity (Wildman–Crippen MR) is 147 cm³/mol. The van der Waals surface area contributed by atoms with Crippen LogP contribution in [0.15, 0.2) is 48.5 Å². The average molecular weight is 580 g/mol. The molecule has 2 aromatic rings. The van der Waals surface area contributed by atoms with E-state index in [0.717, 1.165) is 11.1 Å². The number of rotatable bonds is 9. The van der Waals surface area contributed by atoms with Gasteiger partial charge in [0.1, 0.15) is 0 Å². The van der Waals surface area contributed by atoms with E-state index in [2.05, 4.69) is 0 Å². The molecule has 1 aliphatic heterocycles.